The highest BCUT2D eigenvalue weighted by Gasteiger charge is 2.31. The third kappa shape index (κ3) is 6.15. The van der Waals surface area contributed by atoms with Crippen LogP contribution in [0, 0.1) is 11.3 Å². The highest BCUT2D eigenvalue weighted by molar-refractivity contribution is 7.47. The lowest BCUT2D eigenvalue weighted by molar-refractivity contribution is -0.132. The van der Waals surface area contributed by atoms with Crippen molar-refractivity contribution >= 4 is 20.1 Å². The number of allylic oxidation sites excluding steroid dienone is 1. The molecule has 6 heteroatoms. The molecule has 1 aliphatic rings. The van der Waals surface area contributed by atoms with Gasteiger partial charge >= 0.3 is 5.97 Å². The van der Waals surface area contributed by atoms with Gasteiger partial charge in [0.2, 0.25) is 0 Å². The average molecular weight is 329 g/mol. The number of carboxylic acid groups (broad SMARTS) is 1. The van der Waals surface area contributed by atoms with E-state index in [0.717, 1.165) is 32.1 Å². The standard InChI is InChI=1S/C16H28NO4P/c1-2-3-4-9-14(17)15(22(20)21)13(16(18)19)11-10-12-7-5-6-8-12/h11-12,15,17,20-21H,2-10H2,1H3,(H,18,19). The predicted octanol–water partition coefficient (Wildman–Crippen LogP) is 3.84. The molecule has 5 nitrogen and oxygen atoms in total. The number of carboxylic acids is 1. The van der Waals surface area contributed by atoms with E-state index in [1.807, 2.05) is 0 Å². The summed E-state index contributed by atoms with van der Waals surface area (Å²) in [5.74, 6) is -0.647. The Labute approximate surface area is 133 Å². The third-order valence-corrected chi connectivity index (χ3v) is 5.35. The van der Waals surface area contributed by atoms with Gasteiger partial charge in [-0.25, -0.2) is 4.79 Å². The van der Waals surface area contributed by atoms with E-state index in [-0.39, 0.29) is 11.3 Å². The molecule has 126 valence electrons. The van der Waals surface area contributed by atoms with Crippen LogP contribution in [0.5, 0.6) is 0 Å². The fourth-order valence-corrected chi connectivity index (χ4v) is 3.88. The van der Waals surface area contributed by atoms with Crippen LogP contribution in [0.2, 0.25) is 0 Å². The van der Waals surface area contributed by atoms with E-state index in [1.165, 1.54) is 12.8 Å². The summed E-state index contributed by atoms with van der Waals surface area (Å²) in [4.78, 5) is 30.8. The third-order valence-electron chi connectivity index (χ3n) is 4.30. The molecule has 0 aromatic carbocycles. The molecule has 1 unspecified atom stereocenters. The molecule has 0 spiro atoms. The maximum Gasteiger partial charge on any atom is 0.332 e. The average Bonchev–Trinajstić information content (AvgIpc) is 2.95. The van der Waals surface area contributed by atoms with Crippen LogP contribution >= 0.6 is 8.38 Å². The van der Waals surface area contributed by atoms with Gasteiger partial charge in [-0.15, -0.1) is 0 Å². The largest absolute Gasteiger partial charge is 0.478 e. The number of nitrogens with one attached hydrogen (secondary N) is 1. The van der Waals surface area contributed by atoms with Crippen molar-refractivity contribution in [2.75, 3.05) is 0 Å². The van der Waals surface area contributed by atoms with Crippen molar-refractivity contribution in [3.63, 3.8) is 0 Å². The molecule has 1 aliphatic carbocycles. The van der Waals surface area contributed by atoms with E-state index in [1.54, 1.807) is 6.08 Å². The van der Waals surface area contributed by atoms with Crippen molar-refractivity contribution in [1.82, 2.24) is 0 Å². The summed E-state index contributed by atoms with van der Waals surface area (Å²) in [7, 11) is -2.49. The molecule has 0 aromatic heterocycles. The molecule has 1 fully saturated rings. The Balaban J connectivity index is 2.79. The van der Waals surface area contributed by atoms with E-state index in [9.17, 15) is 19.7 Å². The Kier molecular flexibility index (Phi) is 8.84. The first-order valence-corrected chi connectivity index (χ1v) is 9.46. The molecule has 1 saturated carbocycles. The summed E-state index contributed by atoms with van der Waals surface area (Å²) in [6.07, 6.45) is 10.0. The van der Waals surface area contributed by atoms with E-state index in [2.05, 4.69) is 6.92 Å². The van der Waals surface area contributed by atoms with Crippen LogP contribution in [0.15, 0.2) is 11.6 Å². The van der Waals surface area contributed by atoms with Gasteiger partial charge in [-0.1, -0.05) is 51.5 Å². The van der Waals surface area contributed by atoms with E-state index in [4.69, 9.17) is 5.41 Å². The first-order valence-electron chi connectivity index (χ1n) is 8.15. The molecule has 22 heavy (non-hydrogen) atoms. The van der Waals surface area contributed by atoms with E-state index in [0.29, 0.717) is 18.8 Å². The molecule has 1 atom stereocenters. The number of hydrogen-bond donors (Lipinski definition) is 4. The van der Waals surface area contributed by atoms with Crippen molar-refractivity contribution < 1.29 is 19.7 Å². The van der Waals surface area contributed by atoms with Crippen LogP contribution in [0.4, 0.5) is 0 Å². The van der Waals surface area contributed by atoms with E-state index >= 15 is 0 Å². The molecular weight excluding hydrogens is 301 g/mol. The predicted molar refractivity (Wildman–Crippen MR) is 89.3 cm³/mol. The highest BCUT2D eigenvalue weighted by Crippen LogP contribution is 2.39. The molecule has 0 bridgehead atoms. The van der Waals surface area contributed by atoms with Gasteiger partial charge in [0.1, 0.15) is 0 Å². The number of hydrogen-bond acceptors (Lipinski definition) is 4. The van der Waals surface area contributed by atoms with Gasteiger partial charge < -0.3 is 20.3 Å². The molecule has 0 heterocycles. The molecule has 0 aliphatic heterocycles. The van der Waals surface area contributed by atoms with Gasteiger partial charge in [-0.05, 0) is 25.2 Å². The zero-order valence-electron chi connectivity index (χ0n) is 13.3. The molecule has 1 rings (SSSR count). The zero-order valence-corrected chi connectivity index (χ0v) is 14.2. The minimum absolute atomic E-state index is 0.00971. The Morgan fingerprint density at radius 1 is 1.32 bits per heavy atom. The van der Waals surface area contributed by atoms with Crippen LogP contribution in [0.25, 0.3) is 0 Å². The minimum atomic E-state index is -2.49. The zero-order chi connectivity index (χ0) is 16.5. The fraction of sp³-hybridized carbons (Fsp3) is 0.750. The Morgan fingerprint density at radius 2 is 1.95 bits per heavy atom. The maximum atomic E-state index is 11.5. The van der Waals surface area contributed by atoms with Crippen molar-refractivity contribution in [3.05, 3.63) is 11.6 Å². The van der Waals surface area contributed by atoms with Gasteiger partial charge in [0, 0.05) is 5.71 Å². The second kappa shape index (κ2) is 10.1. The lowest BCUT2D eigenvalue weighted by Crippen LogP contribution is -2.25. The number of aliphatic carboxylic acids is 1. The molecule has 0 saturated heterocycles. The molecule has 0 aromatic rings. The van der Waals surface area contributed by atoms with Crippen LogP contribution < -0.4 is 0 Å². The van der Waals surface area contributed by atoms with Crippen molar-refractivity contribution in [2.45, 2.75) is 70.4 Å². The Bertz CT molecular complexity index is 403. The molecule has 0 radical (unpaired) electrons. The van der Waals surface area contributed by atoms with Crippen LogP contribution in [-0.4, -0.2) is 32.2 Å². The molecule has 4 N–H and O–H groups in total. The van der Waals surface area contributed by atoms with Gasteiger partial charge in [0.05, 0.1) is 11.2 Å². The van der Waals surface area contributed by atoms with Gasteiger partial charge in [0.25, 0.3) is 0 Å². The van der Waals surface area contributed by atoms with Crippen molar-refractivity contribution in [2.24, 2.45) is 5.92 Å². The Morgan fingerprint density at radius 3 is 2.45 bits per heavy atom. The maximum absolute atomic E-state index is 11.5. The first-order chi connectivity index (χ1) is 10.5. The van der Waals surface area contributed by atoms with Gasteiger partial charge in [-0.2, -0.15) is 0 Å². The first kappa shape index (κ1) is 19.3. The lowest BCUT2D eigenvalue weighted by atomic mass is 9.98. The monoisotopic (exact) mass is 329 g/mol. The minimum Gasteiger partial charge on any atom is -0.478 e. The van der Waals surface area contributed by atoms with Gasteiger partial charge in [0.15, 0.2) is 8.38 Å². The number of carbonyl (C=O) groups is 1. The van der Waals surface area contributed by atoms with Crippen LogP contribution in [-0.2, 0) is 4.79 Å². The second-order valence-electron chi connectivity index (χ2n) is 6.06. The Hall–Kier alpha value is -0.770. The van der Waals surface area contributed by atoms with Crippen molar-refractivity contribution in [1.29, 1.82) is 5.41 Å². The van der Waals surface area contributed by atoms with Gasteiger partial charge in [-0.3, -0.25) is 0 Å². The van der Waals surface area contributed by atoms with Crippen LogP contribution in [0.1, 0.15) is 64.7 Å². The molecular formula is C16H28NO4P. The summed E-state index contributed by atoms with van der Waals surface area (Å²) in [6, 6.07) is 0. The second-order valence-corrected chi connectivity index (χ2v) is 7.21. The number of rotatable bonds is 10. The van der Waals surface area contributed by atoms with Crippen molar-refractivity contribution in [3.8, 4) is 0 Å². The summed E-state index contributed by atoms with van der Waals surface area (Å²) in [5, 5.41) is 17.5. The quantitative estimate of drug-likeness (QED) is 0.212. The smallest absolute Gasteiger partial charge is 0.332 e. The molecule has 0 amide bonds. The van der Waals surface area contributed by atoms with Crippen LogP contribution in [0.3, 0.4) is 0 Å². The SMILES string of the molecule is CCCCCC(=N)C(C(=CCC1CCCC1)C(=O)O)P(O)O. The highest BCUT2D eigenvalue weighted by atomic mass is 31.2. The lowest BCUT2D eigenvalue weighted by Gasteiger charge is -2.20. The number of unbranched alkanes of at least 4 members (excludes halogenated alkanes) is 2. The summed E-state index contributed by atoms with van der Waals surface area (Å²) < 4.78 is 0. The fourth-order valence-electron chi connectivity index (χ4n) is 3.01. The van der Waals surface area contributed by atoms with E-state index < -0.39 is 20.0 Å². The summed E-state index contributed by atoms with van der Waals surface area (Å²) in [5.41, 5.74) is -0.931. The normalized spacial score (nSPS) is 17.9. The topological polar surface area (TPSA) is 102 Å². The summed E-state index contributed by atoms with van der Waals surface area (Å²) in [6.45, 7) is 2.05. The summed E-state index contributed by atoms with van der Waals surface area (Å²) >= 11 is 0.